The molecule has 3 aromatic rings. The lowest BCUT2D eigenvalue weighted by Crippen LogP contribution is -2.06. The molecule has 1 aromatic heterocycles. The monoisotopic (exact) mass is 362 g/mol. The molecule has 2 aromatic carbocycles. The van der Waals surface area contributed by atoms with Crippen molar-refractivity contribution in [3.8, 4) is 0 Å². The quantitative estimate of drug-likeness (QED) is 0.465. The van der Waals surface area contributed by atoms with Crippen LogP contribution in [0.25, 0.3) is 0 Å². The Labute approximate surface area is 158 Å². The average Bonchev–Trinajstić information content (AvgIpc) is 2.72. The fourth-order valence-electron chi connectivity index (χ4n) is 2.63. The highest BCUT2D eigenvalue weighted by Gasteiger charge is 2.05. The molecule has 138 valence electrons. The molecule has 0 unspecified atom stereocenters. The number of carbonyl (C=O) groups is 1. The number of ether oxygens (including phenoxy) is 1. The van der Waals surface area contributed by atoms with Gasteiger partial charge in [0, 0.05) is 18.3 Å². The summed E-state index contributed by atoms with van der Waals surface area (Å²) in [5, 5.41) is 6.52. The smallest absolute Gasteiger partial charge is 0.337 e. The van der Waals surface area contributed by atoms with Crippen molar-refractivity contribution in [1.29, 1.82) is 0 Å². The molecule has 0 fully saturated rings. The van der Waals surface area contributed by atoms with Crippen molar-refractivity contribution in [1.82, 2.24) is 9.97 Å². The van der Waals surface area contributed by atoms with Crippen molar-refractivity contribution in [3.05, 3.63) is 78.1 Å². The largest absolute Gasteiger partial charge is 0.465 e. The summed E-state index contributed by atoms with van der Waals surface area (Å²) in [5.74, 6) is 1.10. The fraction of sp³-hybridized carbons (Fsp3) is 0.190. The van der Waals surface area contributed by atoms with Crippen LogP contribution in [-0.2, 0) is 11.2 Å². The summed E-state index contributed by atoms with van der Waals surface area (Å²) in [6, 6.07) is 19.3. The first-order chi connectivity index (χ1) is 13.2. The molecule has 0 aliphatic carbocycles. The van der Waals surface area contributed by atoms with Gasteiger partial charge in [0.25, 0.3) is 0 Å². The number of benzene rings is 2. The molecule has 0 saturated heterocycles. The van der Waals surface area contributed by atoms with Gasteiger partial charge in [0.05, 0.1) is 12.7 Å². The molecule has 0 saturated carbocycles. The molecule has 0 amide bonds. The van der Waals surface area contributed by atoms with E-state index in [0.29, 0.717) is 11.4 Å². The number of hydrogen-bond acceptors (Lipinski definition) is 6. The number of carbonyl (C=O) groups excluding carboxylic acids is 1. The van der Waals surface area contributed by atoms with E-state index in [9.17, 15) is 4.79 Å². The number of esters is 1. The van der Waals surface area contributed by atoms with Gasteiger partial charge < -0.3 is 15.4 Å². The Morgan fingerprint density at radius 3 is 2.48 bits per heavy atom. The molecule has 0 spiro atoms. The molecule has 6 nitrogen and oxygen atoms in total. The summed E-state index contributed by atoms with van der Waals surface area (Å²) in [7, 11) is 1.36. The van der Waals surface area contributed by atoms with Crippen LogP contribution in [0.3, 0.4) is 0 Å². The number of aryl methyl sites for hydroxylation is 1. The molecular formula is C21H22N4O2. The van der Waals surface area contributed by atoms with Crippen molar-refractivity contribution in [2.24, 2.45) is 0 Å². The van der Waals surface area contributed by atoms with E-state index in [2.05, 4.69) is 44.9 Å². The Bertz CT molecular complexity index is 867. The normalized spacial score (nSPS) is 10.3. The van der Waals surface area contributed by atoms with Gasteiger partial charge in [-0.2, -0.15) is 0 Å². The topological polar surface area (TPSA) is 76.1 Å². The maximum Gasteiger partial charge on any atom is 0.337 e. The molecule has 0 aliphatic rings. The number of nitrogens with one attached hydrogen (secondary N) is 2. The summed E-state index contributed by atoms with van der Waals surface area (Å²) in [4.78, 5) is 20.0. The van der Waals surface area contributed by atoms with Crippen LogP contribution in [0.1, 0.15) is 22.3 Å². The van der Waals surface area contributed by atoms with E-state index in [4.69, 9.17) is 4.74 Å². The average molecular weight is 362 g/mol. The van der Waals surface area contributed by atoms with Gasteiger partial charge in [-0.15, -0.1) is 0 Å². The second-order valence-electron chi connectivity index (χ2n) is 6.00. The Morgan fingerprint density at radius 2 is 1.74 bits per heavy atom. The lowest BCUT2D eigenvalue weighted by atomic mass is 10.1. The second-order valence-corrected chi connectivity index (χ2v) is 6.00. The highest BCUT2D eigenvalue weighted by atomic mass is 16.5. The van der Waals surface area contributed by atoms with E-state index in [0.717, 1.165) is 30.9 Å². The molecule has 0 radical (unpaired) electrons. The van der Waals surface area contributed by atoms with Crippen molar-refractivity contribution >= 4 is 23.3 Å². The highest BCUT2D eigenvalue weighted by Crippen LogP contribution is 2.17. The molecule has 6 heteroatoms. The SMILES string of the molecule is COC(=O)c1ccc(Nc2cc(NCCCc3ccccc3)ncn2)cc1. The third-order valence-corrected chi connectivity index (χ3v) is 4.04. The van der Waals surface area contributed by atoms with Crippen LogP contribution in [0, 0.1) is 0 Å². The summed E-state index contributed by atoms with van der Waals surface area (Å²) < 4.78 is 4.70. The Balaban J connectivity index is 1.51. The van der Waals surface area contributed by atoms with Gasteiger partial charge in [-0.1, -0.05) is 30.3 Å². The lowest BCUT2D eigenvalue weighted by Gasteiger charge is -2.09. The second kappa shape index (κ2) is 9.33. The molecular weight excluding hydrogens is 340 g/mol. The van der Waals surface area contributed by atoms with Crippen LogP contribution in [-0.4, -0.2) is 29.6 Å². The maximum atomic E-state index is 11.5. The Morgan fingerprint density at radius 1 is 1.00 bits per heavy atom. The number of anilines is 3. The van der Waals surface area contributed by atoms with Gasteiger partial charge in [-0.3, -0.25) is 0 Å². The van der Waals surface area contributed by atoms with E-state index in [-0.39, 0.29) is 5.97 Å². The molecule has 3 rings (SSSR count). The third kappa shape index (κ3) is 5.54. The highest BCUT2D eigenvalue weighted by molar-refractivity contribution is 5.89. The predicted octanol–water partition coefficient (Wildman–Crippen LogP) is 4.05. The predicted molar refractivity (Wildman–Crippen MR) is 106 cm³/mol. The van der Waals surface area contributed by atoms with Gasteiger partial charge in [0.2, 0.25) is 0 Å². The van der Waals surface area contributed by atoms with Crippen LogP contribution in [0.15, 0.2) is 67.0 Å². The van der Waals surface area contributed by atoms with Crippen molar-refractivity contribution < 1.29 is 9.53 Å². The van der Waals surface area contributed by atoms with E-state index in [1.807, 2.05) is 12.1 Å². The number of hydrogen-bond donors (Lipinski definition) is 2. The van der Waals surface area contributed by atoms with Gasteiger partial charge in [-0.05, 0) is 42.7 Å². The minimum absolute atomic E-state index is 0.356. The van der Waals surface area contributed by atoms with E-state index in [1.54, 1.807) is 24.3 Å². The third-order valence-electron chi connectivity index (χ3n) is 4.04. The zero-order valence-electron chi connectivity index (χ0n) is 15.2. The van der Waals surface area contributed by atoms with Crippen molar-refractivity contribution in [2.45, 2.75) is 12.8 Å². The first kappa shape index (κ1) is 18.4. The van der Waals surface area contributed by atoms with E-state index < -0.39 is 0 Å². The fourth-order valence-corrected chi connectivity index (χ4v) is 2.63. The Kier molecular flexibility index (Phi) is 6.35. The van der Waals surface area contributed by atoms with Gasteiger partial charge in [-0.25, -0.2) is 14.8 Å². The van der Waals surface area contributed by atoms with E-state index >= 15 is 0 Å². The molecule has 2 N–H and O–H groups in total. The lowest BCUT2D eigenvalue weighted by molar-refractivity contribution is 0.0601. The standard InChI is InChI=1S/C21H22N4O2/c1-27-21(26)17-9-11-18(12-10-17)25-20-14-19(23-15-24-20)22-13-5-8-16-6-3-2-4-7-16/h2-4,6-7,9-12,14-15H,5,8,13H2,1H3,(H2,22,23,24,25). The number of methoxy groups -OCH3 is 1. The number of rotatable bonds is 8. The summed E-state index contributed by atoms with van der Waals surface area (Å²) >= 11 is 0. The van der Waals surface area contributed by atoms with Crippen LogP contribution in [0.2, 0.25) is 0 Å². The minimum Gasteiger partial charge on any atom is -0.465 e. The van der Waals surface area contributed by atoms with Gasteiger partial charge in [0.1, 0.15) is 18.0 Å². The molecule has 0 atom stereocenters. The molecule has 1 heterocycles. The van der Waals surface area contributed by atoms with Crippen LogP contribution >= 0.6 is 0 Å². The van der Waals surface area contributed by atoms with Crippen molar-refractivity contribution in [3.63, 3.8) is 0 Å². The van der Waals surface area contributed by atoms with Crippen LogP contribution in [0.4, 0.5) is 17.3 Å². The summed E-state index contributed by atoms with van der Waals surface area (Å²) in [6.45, 7) is 0.833. The maximum absolute atomic E-state index is 11.5. The zero-order chi connectivity index (χ0) is 18.9. The van der Waals surface area contributed by atoms with Crippen LogP contribution in [0.5, 0.6) is 0 Å². The molecule has 0 bridgehead atoms. The summed E-state index contributed by atoms with van der Waals surface area (Å²) in [5.41, 5.74) is 2.67. The van der Waals surface area contributed by atoms with Crippen molar-refractivity contribution in [2.75, 3.05) is 24.3 Å². The zero-order valence-corrected chi connectivity index (χ0v) is 15.2. The van der Waals surface area contributed by atoms with Gasteiger partial charge >= 0.3 is 5.97 Å². The summed E-state index contributed by atoms with van der Waals surface area (Å²) in [6.07, 6.45) is 3.56. The number of aromatic nitrogens is 2. The van der Waals surface area contributed by atoms with E-state index in [1.165, 1.54) is 19.0 Å². The Hall–Kier alpha value is -3.41. The molecule has 0 aliphatic heterocycles. The van der Waals surface area contributed by atoms with Crippen LogP contribution < -0.4 is 10.6 Å². The minimum atomic E-state index is -0.356. The molecule has 27 heavy (non-hydrogen) atoms. The number of nitrogens with zero attached hydrogens (tertiary/aromatic N) is 2. The van der Waals surface area contributed by atoms with Gasteiger partial charge in [0.15, 0.2) is 0 Å². The first-order valence-corrected chi connectivity index (χ1v) is 8.80. The first-order valence-electron chi connectivity index (χ1n) is 8.80.